The van der Waals surface area contributed by atoms with Crippen LogP contribution in [0.25, 0.3) is 0 Å². The Morgan fingerprint density at radius 3 is 2.57 bits per heavy atom. The molecule has 6 nitrogen and oxygen atoms in total. The molecule has 8 heteroatoms. The second-order valence-electron chi connectivity index (χ2n) is 7.64. The molecular formula is C22H24ClN2O4S+. The molecule has 2 unspecified atom stereocenters. The molecule has 0 aliphatic carbocycles. The highest BCUT2D eigenvalue weighted by Gasteiger charge is 2.51. The molecule has 0 radical (unpaired) electrons. The van der Waals surface area contributed by atoms with Crippen molar-refractivity contribution in [2.45, 2.75) is 12.5 Å². The monoisotopic (exact) mass is 447 g/mol. The quantitative estimate of drug-likeness (QED) is 0.398. The third-order valence-corrected chi connectivity index (χ3v) is 6.98. The highest BCUT2D eigenvalue weighted by Crippen LogP contribution is 2.40. The Labute approximate surface area is 184 Å². The summed E-state index contributed by atoms with van der Waals surface area (Å²) in [6.45, 7) is 4.80. The fraction of sp³-hybridized carbons (Fsp3) is 0.409. The largest absolute Gasteiger partial charge is 0.370 e. The maximum atomic E-state index is 13.2. The Kier molecular flexibility index (Phi) is 6.63. The molecule has 4 rings (SSSR count). The number of amides is 1. The molecule has 0 saturated carbocycles. The predicted molar refractivity (Wildman–Crippen MR) is 114 cm³/mol. The van der Waals surface area contributed by atoms with E-state index < -0.39 is 23.7 Å². The van der Waals surface area contributed by atoms with Crippen molar-refractivity contribution in [3.05, 3.63) is 57.2 Å². The van der Waals surface area contributed by atoms with Gasteiger partial charge in [-0.05, 0) is 35.7 Å². The summed E-state index contributed by atoms with van der Waals surface area (Å²) in [7, 11) is 0. The van der Waals surface area contributed by atoms with E-state index in [0.717, 1.165) is 44.1 Å². The number of hydrogen-bond donors (Lipinski definition) is 1. The molecule has 2 aromatic rings. The smallest absolute Gasteiger partial charge is 0.291 e. The fourth-order valence-electron chi connectivity index (χ4n) is 4.21. The highest BCUT2D eigenvalue weighted by atomic mass is 35.5. The van der Waals surface area contributed by atoms with Gasteiger partial charge in [0.15, 0.2) is 5.78 Å². The van der Waals surface area contributed by atoms with Crippen LogP contribution in [0.2, 0.25) is 5.02 Å². The average molecular weight is 448 g/mol. The molecule has 2 saturated heterocycles. The number of ether oxygens (including phenoxy) is 1. The van der Waals surface area contributed by atoms with Gasteiger partial charge in [-0.3, -0.25) is 14.4 Å². The Morgan fingerprint density at radius 1 is 1.17 bits per heavy atom. The maximum Gasteiger partial charge on any atom is 0.291 e. The van der Waals surface area contributed by atoms with Gasteiger partial charge in [-0.25, -0.2) is 0 Å². The van der Waals surface area contributed by atoms with Gasteiger partial charge in [0.05, 0.1) is 25.8 Å². The number of carbonyl (C=O) groups is 3. The number of Topliss-reactive ketones (excluding diaryl/α,β-unsaturated/α-hetero) is 2. The van der Waals surface area contributed by atoms with Crippen molar-refractivity contribution in [1.29, 1.82) is 0 Å². The van der Waals surface area contributed by atoms with Gasteiger partial charge in [0.2, 0.25) is 5.78 Å². The van der Waals surface area contributed by atoms with Crippen LogP contribution >= 0.6 is 22.9 Å². The van der Waals surface area contributed by atoms with Gasteiger partial charge in [0, 0.05) is 28.4 Å². The molecule has 2 atom stereocenters. The SMILES string of the molecule is O=C1C(=O)N(CCC[NH+]2CCOCC2)C(c2cccs2)C1C(=O)c1ccc(Cl)cc1. The van der Waals surface area contributed by atoms with Gasteiger partial charge in [0.1, 0.15) is 19.0 Å². The summed E-state index contributed by atoms with van der Waals surface area (Å²) in [5, 5.41) is 2.42. The molecule has 0 bridgehead atoms. The first kappa shape index (κ1) is 21.2. The van der Waals surface area contributed by atoms with Crippen molar-refractivity contribution in [2.75, 3.05) is 39.4 Å². The van der Waals surface area contributed by atoms with E-state index in [1.165, 1.54) is 16.2 Å². The van der Waals surface area contributed by atoms with Gasteiger partial charge in [-0.2, -0.15) is 0 Å². The third kappa shape index (κ3) is 4.34. The fourth-order valence-corrected chi connectivity index (χ4v) is 5.21. The van der Waals surface area contributed by atoms with Crippen molar-refractivity contribution in [1.82, 2.24) is 4.90 Å². The third-order valence-electron chi connectivity index (χ3n) is 5.78. The number of rotatable bonds is 7. The normalized spacial score (nSPS) is 22.6. The van der Waals surface area contributed by atoms with E-state index in [0.29, 0.717) is 17.1 Å². The van der Waals surface area contributed by atoms with Crippen molar-refractivity contribution in [3.63, 3.8) is 0 Å². The van der Waals surface area contributed by atoms with Crippen LogP contribution in [-0.4, -0.2) is 61.8 Å². The zero-order valence-electron chi connectivity index (χ0n) is 16.5. The van der Waals surface area contributed by atoms with Crippen molar-refractivity contribution in [2.24, 2.45) is 5.92 Å². The Hall–Kier alpha value is -2.06. The van der Waals surface area contributed by atoms with E-state index in [9.17, 15) is 14.4 Å². The number of carbonyl (C=O) groups excluding carboxylic acids is 3. The molecular weight excluding hydrogens is 424 g/mol. The summed E-state index contributed by atoms with van der Waals surface area (Å²) < 4.78 is 5.39. The lowest BCUT2D eigenvalue weighted by molar-refractivity contribution is -0.908. The number of nitrogens with zero attached hydrogens (tertiary/aromatic N) is 1. The van der Waals surface area contributed by atoms with E-state index in [2.05, 4.69) is 0 Å². The number of quaternary nitrogens is 1. The van der Waals surface area contributed by atoms with Crippen LogP contribution in [0.3, 0.4) is 0 Å². The van der Waals surface area contributed by atoms with E-state index in [1.54, 1.807) is 29.2 Å². The molecule has 2 aliphatic heterocycles. The Morgan fingerprint density at radius 2 is 1.90 bits per heavy atom. The lowest BCUT2D eigenvalue weighted by atomic mass is 9.89. The molecule has 1 N–H and O–H groups in total. The van der Waals surface area contributed by atoms with Crippen LogP contribution < -0.4 is 4.90 Å². The first-order valence-corrected chi connectivity index (χ1v) is 11.4. The molecule has 0 spiro atoms. The minimum absolute atomic E-state index is 0.329. The first-order chi connectivity index (χ1) is 14.6. The average Bonchev–Trinajstić information content (AvgIpc) is 3.37. The minimum Gasteiger partial charge on any atom is -0.370 e. The molecule has 2 aliphatic rings. The maximum absolute atomic E-state index is 13.2. The molecule has 1 aromatic carbocycles. The van der Waals surface area contributed by atoms with Gasteiger partial charge in [-0.1, -0.05) is 17.7 Å². The van der Waals surface area contributed by atoms with Gasteiger partial charge in [0.25, 0.3) is 5.91 Å². The summed E-state index contributed by atoms with van der Waals surface area (Å²) in [5.74, 6) is -2.53. The highest BCUT2D eigenvalue weighted by molar-refractivity contribution is 7.10. The summed E-state index contributed by atoms with van der Waals surface area (Å²) in [6, 6.07) is 9.69. The van der Waals surface area contributed by atoms with Crippen LogP contribution in [0.1, 0.15) is 27.7 Å². The molecule has 1 aromatic heterocycles. The summed E-state index contributed by atoms with van der Waals surface area (Å²) in [4.78, 5) is 42.9. The second-order valence-corrected chi connectivity index (χ2v) is 9.05. The summed E-state index contributed by atoms with van der Waals surface area (Å²) in [5.41, 5.74) is 0.395. The Balaban J connectivity index is 1.55. The second kappa shape index (κ2) is 9.39. The number of hydrogen-bond acceptors (Lipinski definition) is 5. The van der Waals surface area contributed by atoms with E-state index in [1.807, 2.05) is 17.5 Å². The van der Waals surface area contributed by atoms with Crippen LogP contribution in [0.4, 0.5) is 0 Å². The van der Waals surface area contributed by atoms with Crippen molar-refractivity contribution >= 4 is 40.4 Å². The van der Waals surface area contributed by atoms with Crippen molar-refractivity contribution < 1.29 is 24.0 Å². The topological polar surface area (TPSA) is 68.1 Å². The molecule has 1 amide bonds. The number of thiophene rings is 1. The minimum atomic E-state index is -1.02. The standard InChI is InChI=1S/C22H23ClN2O4S/c23-16-6-4-15(5-7-16)20(26)18-19(17-3-1-14-30-17)25(22(28)21(18)27)9-2-8-24-10-12-29-13-11-24/h1,3-7,14,18-19H,2,8-13H2/p+1. The lowest BCUT2D eigenvalue weighted by Crippen LogP contribution is -3.14. The van der Waals surface area contributed by atoms with Gasteiger partial charge >= 0.3 is 0 Å². The van der Waals surface area contributed by atoms with Crippen LogP contribution in [0.15, 0.2) is 41.8 Å². The molecule has 2 fully saturated rings. The number of likely N-dealkylation sites (tertiary alicyclic amines) is 1. The number of nitrogens with one attached hydrogen (secondary N) is 1. The van der Waals surface area contributed by atoms with Crippen molar-refractivity contribution in [3.8, 4) is 0 Å². The molecule has 3 heterocycles. The number of benzene rings is 1. The summed E-state index contributed by atoms with van der Waals surface area (Å²) in [6.07, 6.45) is 0.776. The van der Waals surface area contributed by atoms with Crippen LogP contribution in [-0.2, 0) is 14.3 Å². The zero-order valence-corrected chi connectivity index (χ0v) is 18.1. The Bertz CT molecular complexity index is 910. The van der Waals surface area contributed by atoms with Crippen LogP contribution in [0.5, 0.6) is 0 Å². The van der Waals surface area contributed by atoms with E-state index in [-0.39, 0.29) is 5.78 Å². The number of morpholine rings is 1. The van der Waals surface area contributed by atoms with Crippen LogP contribution in [0, 0.1) is 5.92 Å². The van der Waals surface area contributed by atoms with Gasteiger partial charge in [-0.15, -0.1) is 11.3 Å². The van der Waals surface area contributed by atoms with E-state index >= 15 is 0 Å². The number of halogens is 1. The zero-order chi connectivity index (χ0) is 21.1. The lowest BCUT2D eigenvalue weighted by Gasteiger charge is -2.28. The van der Waals surface area contributed by atoms with Gasteiger partial charge < -0.3 is 14.5 Å². The molecule has 30 heavy (non-hydrogen) atoms. The predicted octanol–water partition coefficient (Wildman–Crippen LogP) is 1.66. The first-order valence-electron chi connectivity index (χ1n) is 10.2. The van der Waals surface area contributed by atoms with E-state index in [4.69, 9.17) is 16.3 Å². The molecule has 158 valence electrons. The number of ketones is 2. The summed E-state index contributed by atoms with van der Waals surface area (Å²) >= 11 is 7.40.